The molecule has 2 aromatic rings. The molecule has 21 heavy (non-hydrogen) atoms. The molecule has 0 radical (unpaired) electrons. The van der Waals surface area contributed by atoms with E-state index in [1.54, 1.807) is 31.2 Å². The van der Waals surface area contributed by atoms with Gasteiger partial charge in [-0.3, -0.25) is 4.72 Å². The van der Waals surface area contributed by atoms with Gasteiger partial charge in [0.25, 0.3) is 10.0 Å². The van der Waals surface area contributed by atoms with Gasteiger partial charge in [-0.2, -0.15) is 0 Å². The number of nitrogens with zero attached hydrogens (tertiary/aromatic N) is 1. The second kappa shape index (κ2) is 6.19. The van der Waals surface area contributed by atoms with Gasteiger partial charge < -0.3 is 5.11 Å². The molecule has 0 fully saturated rings. The lowest BCUT2D eigenvalue weighted by atomic mass is 10.1. The largest absolute Gasteiger partial charge is 0.389 e. The first kappa shape index (κ1) is 16.0. The molecule has 1 unspecified atom stereocenters. The van der Waals surface area contributed by atoms with E-state index in [-0.39, 0.29) is 15.1 Å². The fourth-order valence-corrected chi connectivity index (χ4v) is 3.10. The smallest absolute Gasteiger partial charge is 0.263 e. The highest BCUT2D eigenvalue weighted by Gasteiger charge is 2.19. The number of sulfonamides is 1. The van der Waals surface area contributed by atoms with Crippen molar-refractivity contribution in [1.82, 2.24) is 4.98 Å². The summed E-state index contributed by atoms with van der Waals surface area (Å²) in [5.74, 6) is 0. The van der Waals surface area contributed by atoms with Crippen molar-refractivity contribution in [3.05, 3.63) is 52.3 Å². The van der Waals surface area contributed by atoms with Crippen LogP contribution in [0.2, 0.25) is 10.2 Å². The maximum absolute atomic E-state index is 12.3. The summed E-state index contributed by atoms with van der Waals surface area (Å²) in [5, 5.41) is 9.74. The SMILES string of the molecule is CC(O)c1ccccc1NS(=O)(=O)c1cnc(Cl)c(Cl)c1. The van der Waals surface area contributed by atoms with Crippen LogP contribution in [0.3, 0.4) is 0 Å². The average Bonchev–Trinajstić information content (AvgIpc) is 2.41. The summed E-state index contributed by atoms with van der Waals surface area (Å²) in [7, 11) is -3.88. The minimum Gasteiger partial charge on any atom is -0.389 e. The third kappa shape index (κ3) is 3.65. The fourth-order valence-electron chi connectivity index (χ4n) is 1.71. The number of halogens is 2. The van der Waals surface area contributed by atoms with Crippen LogP contribution in [0.15, 0.2) is 41.4 Å². The van der Waals surface area contributed by atoms with Crippen LogP contribution in [0.1, 0.15) is 18.6 Å². The van der Waals surface area contributed by atoms with E-state index in [0.29, 0.717) is 11.3 Å². The summed E-state index contributed by atoms with van der Waals surface area (Å²) in [6.45, 7) is 1.55. The van der Waals surface area contributed by atoms with E-state index in [0.717, 1.165) is 6.20 Å². The summed E-state index contributed by atoms with van der Waals surface area (Å²) in [5.41, 5.74) is 0.757. The maximum atomic E-state index is 12.3. The van der Waals surface area contributed by atoms with E-state index in [1.165, 1.54) is 6.07 Å². The highest BCUT2D eigenvalue weighted by Crippen LogP contribution is 2.27. The Morgan fingerprint density at radius 3 is 2.57 bits per heavy atom. The Bertz CT molecular complexity index is 764. The van der Waals surface area contributed by atoms with Crippen LogP contribution in [-0.4, -0.2) is 18.5 Å². The minimum absolute atomic E-state index is 0.0278. The molecule has 1 heterocycles. The Morgan fingerprint density at radius 2 is 1.95 bits per heavy atom. The van der Waals surface area contributed by atoms with E-state index in [1.807, 2.05) is 0 Å². The molecule has 0 amide bonds. The van der Waals surface area contributed by atoms with Crippen LogP contribution < -0.4 is 4.72 Å². The number of aromatic nitrogens is 1. The van der Waals surface area contributed by atoms with E-state index in [2.05, 4.69) is 9.71 Å². The second-order valence-corrected chi connectivity index (χ2v) is 6.76. The molecule has 0 spiro atoms. The van der Waals surface area contributed by atoms with E-state index < -0.39 is 16.1 Å². The van der Waals surface area contributed by atoms with Crippen molar-refractivity contribution in [2.75, 3.05) is 4.72 Å². The number of pyridine rings is 1. The van der Waals surface area contributed by atoms with Gasteiger partial charge in [0.1, 0.15) is 10.0 Å². The molecule has 112 valence electrons. The normalized spacial score (nSPS) is 13.0. The molecular formula is C13H12Cl2N2O3S. The van der Waals surface area contributed by atoms with Gasteiger partial charge in [0, 0.05) is 11.8 Å². The van der Waals surface area contributed by atoms with E-state index >= 15 is 0 Å². The molecule has 2 N–H and O–H groups in total. The molecule has 0 saturated heterocycles. The number of anilines is 1. The fraction of sp³-hybridized carbons (Fsp3) is 0.154. The highest BCUT2D eigenvalue weighted by atomic mass is 35.5. The van der Waals surface area contributed by atoms with Crippen molar-refractivity contribution in [3.8, 4) is 0 Å². The molecule has 1 aromatic carbocycles. The second-order valence-electron chi connectivity index (χ2n) is 4.31. The van der Waals surface area contributed by atoms with Gasteiger partial charge in [0.15, 0.2) is 0 Å². The van der Waals surface area contributed by atoms with Crippen LogP contribution in [-0.2, 0) is 10.0 Å². The molecule has 2 rings (SSSR count). The molecular weight excluding hydrogens is 335 g/mol. The third-order valence-corrected chi connectivity index (χ3v) is 4.76. The number of hydrogen-bond acceptors (Lipinski definition) is 4. The zero-order chi connectivity index (χ0) is 15.6. The number of rotatable bonds is 4. The summed E-state index contributed by atoms with van der Waals surface area (Å²) < 4.78 is 27.0. The molecule has 0 bridgehead atoms. The number of nitrogens with one attached hydrogen (secondary N) is 1. The molecule has 1 atom stereocenters. The van der Waals surface area contributed by atoms with Crippen molar-refractivity contribution in [1.29, 1.82) is 0 Å². The molecule has 0 saturated carbocycles. The van der Waals surface area contributed by atoms with Gasteiger partial charge in [0.05, 0.1) is 16.8 Å². The quantitative estimate of drug-likeness (QED) is 0.832. The van der Waals surface area contributed by atoms with Crippen LogP contribution in [0, 0.1) is 0 Å². The maximum Gasteiger partial charge on any atom is 0.263 e. The Kier molecular flexibility index (Phi) is 4.73. The first-order valence-electron chi connectivity index (χ1n) is 5.92. The van der Waals surface area contributed by atoms with Gasteiger partial charge in [-0.25, -0.2) is 13.4 Å². The van der Waals surface area contributed by atoms with Gasteiger partial charge in [-0.1, -0.05) is 41.4 Å². The highest BCUT2D eigenvalue weighted by molar-refractivity contribution is 7.92. The van der Waals surface area contributed by atoms with Gasteiger partial charge in [0.2, 0.25) is 0 Å². The Labute approximate surface area is 132 Å². The lowest BCUT2D eigenvalue weighted by Crippen LogP contribution is -2.15. The van der Waals surface area contributed by atoms with Crippen LogP contribution in [0.5, 0.6) is 0 Å². The molecule has 5 nitrogen and oxygen atoms in total. The lowest BCUT2D eigenvalue weighted by molar-refractivity contribution is 0.200. The number of para-hydroxylation sites is 1. The molecule has 8 heteroatoms. The number of aliphatic hydroxyl groups is 1. The lowest BCUT2D eigenvalue weighted by Gasteiger charge is -2.14. The third-order valence-electron chi connectivity index (χ3n) is 2.74. The zero-order valence-corrected chi connectivity index (χ0v) is 13.2. The van der Waals surface area contributed by atoms with Crippen molar-refractivity contribution in [3.63, 3.8) is 0 Å². The number of aliphatic hydroxyl groups excluding tert-OH is 1. The van der Waals surface area contributed by atoms with Crippen molar-refractivity contribution < 1.29 is 13.5 Å². The summed E-state index contributed by atoms with van der Waals surface area (Å²) in [6.07, 6.45) is 0.303. The van der Waals surface area contributed by atoms with Crippen LogP contribution in [0.25, 0.3) is 0 Å². The average molecular weight is 347 g/mol. The van der Waals surface area contributed by atoms with Crippen molar-refractivity contribution in [2.24, 2.45) is 0 Å². The predicted octanol–water partition coefficient (Wildman–Crippen LogP) is 3.24. The number of hydrogen-bond donors (Lipinski definition) is 2. The molecule has 1 aromatic heterocycles. The van der Waals surface area contributed by atoms with E-state index in [4.69, 9.17) is 23.2 Å². The Hall–Kier alpha value is -1.34. The van der Waals surface area contributed by atoms with Gasteiger partial charge in [-0.05, 0) is 19.1 Å². The van der Waals surface area contributed by atoms with Gasteiger partial charge >= 0.3 is 0 Å². The topological polar surface area (TPSA) is 79.3 Å². The molecule has 0 aliphatic heterocycles. The summed E-state index contributed by atoms with van der Waals surface area (Å²) in [6, 6.07) is 7.78. The minimum atomic E-state index is -3.88. The summed E-state index contributed by atoms with van der Waals surface area (Å²) in [4.78, 5) is 3.60. The monoisotopic (exact) mass is 346 g/mol. The molecule has 0 aliphatic rings. The zero-order valence-electron chi connectivity index (χ0n) is 10.9. The first-order valence-corrected chi connectivity index (χ1v) is 8.16. The summed E-state index contributed by atoms with van der Waals surface area (Å²) >= 11 is 11.4. The van der Waals surface area contributed by atoms with Crippen LogP contribution >= 0.6 is 23.2 Å². The van der Waals surface area contributed by atoms with Gasteiger partial charge in [-0.15, -0.1) is 0 Å². The Balaban J connectivity index is 2.40. The standard InChI is InChI=1S/C13H12Cl2N2O3S/c1-8(18)10-4-2-3-5-12(10)17-21(19,20)9-6-11(14)13(15)16-7-9/h2-8,17-18H,1H3. The number of benzene rings is 1. The predicted molar refractivity (Wildman–Crippen MR) is 82.1 cm³/mol. The van der Waals surface area contributed by atoms with Crippen molar-refractivity contribution >= 4 is 38.9 Å². The first-order chi connectivity index (χ1) is 9.81. The Morgan fingerprint density at radius 1 is 1.29 bits per heavy atom. The van der Waals surface area contributed by atoms with Crippen LogP contribution in [0.4, 0.5) is 5.69 Å². The van der Waals surface area contributed by atoms with E-state index in [9.17, 15) is 13.5 Å². The molecule has 0 aliphatic carbocycles. The van der Waals surface area contributed by atoms with Crippen molar-refractivity contribution in [2.45, 2.75) is 17.9 Å².